The topological polar surface area (TPSA) is 46.9 Å². The highest BCUT2D eigenvalue weighted by Crippen LogP contribution is 2.27. The molecule has 3 aromatic rings. The molecule has 0 saturated carbocycles. The van der Waals surface area contributed by atoms with Crippen molar-refractivity contribution in [2.45, 2.75) is 6.54 Å². The highest BCUT2D eigenvalue weighted by Gasteiger charge is 2.16. The minimum absolute atomic E-state index is 0.170. The van der Waals surface area contributed by atoms with Gasteiger partial charge in [0, 0.05) is 11.8 Å². The van der Waals surface area contributed by atoms with Gasteiger partial charge in [-0.25, -0.2) is 4.39 Å². The first kappa shape index (κ1) is 17.9. The molecular weight excluding hydrogens is 432 g/mol. The lowest BCUT2D eigenvalue weighted by atomic mass is 10.2. The van der Waals surface area contributed by atoms with Crippen molar-refractivity contribution in [2.24, 2.45) is 0 Å². The van der Waals surface area contributed by atoms with Crippen molar-refractivity contribution in [2.75, 3.05) is 5.32 Å². The summed E-state index contributed by atoms with van der Waals surface area (Å²) in [5.74, 6) is -0.452. The standard InChI is InChI=1S/C17H11BrCl2FN3O/c18-12-9-24(8-10-4-1-2-7-14(10)21)23-16(12)22-17(25)11-5-3-6-13(19)15(11)20/h1-7,9H,8H2,(H,22,23,25). The van der Waals surface area contributed by atoms with Gasteiger partial charge in [-0.05, 0) is 34.1 Å². The van der Waals surface area contributed by atoms with Crippen molar-refractivity contribution in [3.63, 3.8) is 0 Å². The van der Waals surface area contributed by atoms with E-state index in [1.807, 2.05) is 0 Å². The number of carbonyl (C=O) groups is 1. The molecule has 4 nitrogen and oxygen atoms in total. The third kappa shape index (κ3) is 4.03. The van der Waals surface area contributed by atoms with Crippen LogP contribution in [0.5, 0.6) is 0 Å². The summed E-state index contributed by atoms with van der Waals surface area (Å²) in [6, 6.07) is 11.2. The van der Waals surface area contributed by atoms with Gasteiger partial charge < -0.3 is 5.32 Å². The predicted molar refractivity (Wildman–Crippen MR) is 99.8 cm³/mol. The number of hydrogen-bond acceptors (Lipinski definition) is 2. The molecule has 0 saturated heterocycles. The third-order valence-electron chi connectivity index (χ3n) is 3.44. The fourth-order valence-corrected chi connectivity index (χ4v) is 3.02. The fourth-order valence-electron chi connectivity index (χ4n) is 2.22. The number of nitrogens with one attached hydrogen (secondary N) is 1. The number of hydrogen-bond donors (Lipinski definition) is 1. The number of rotatable bonds is 4. The molecule has 1 N–H and O–H groups in total. The van der Waals surface area contributed by atoms with Gasteiger partial charge in [-0.1, -0.05) is 47.5 Å². The second kappa shape index (κ2) is 7.56. The van der Waals surface area contributed by atoms with Gasteiger partial charge in [0.25, 0.3) is 5.91 Å². The van der Waals surface area contributed by atoms with E-state index in [1.54, 1.807) is 42.6 Å². The third-order valence-corrected chi connectivity index (χ3v) is 4.83. The Balaban J connectivity index is 1.80. The van der Waals surface area contributed by atoms with Crippen molar-refractivity contribution in [1.29, 1.82) is 0 Å². The SMILES string of the molecule is O=C(Nc1nn(Cc2ccccc2F)cc1Br)c1cccc(Cl)c1Cl. The molecule has 3 rings (SSSR count). The number of nitrogens with zero attached hydrogens (tertiary/aromatic N) is 2. The van der Waals surface area contributed by atoms with Crippen LogP contribution in [0.4, 0.5) is 10.2 Å². The van der Waals surface area contributed by atoms with Gasteiger partial charge in [0.15, 0.2) is 5.82 Å². The normalized spacial score (nSPS) is 10.7. The van der Waals surface area contributed by atoms with E-state index in [1.165, 1.54) is 10.7 Å². The number of halogens is 4. The number of amides is 1. The van der Waals surface area contributed by atoms with E-state index in [0.29, 0.717) is 20.9 Å². The molecule has 1 aromatic heterocycles. The molecule has 0 aliphatic heterocycles. The Morgan fingerprint density at radius 3 is 2.72 bits per heavy atom. The highest BCUT2D eigenvalue weighted by atomic mass is 79.9. The molecule has 1 heterocycles. The highest BCUT2D eigenvalue weighted by molar-refractivity contribution is 9.10. The Morgan fingerprint density at radius 2 is 1.96 bits per heavy atom. The minimum atomic E-state index is -0.440. The van der Waals surface area contributed by atoms with E-state index in [-0.39, 0.29) is 22.9 Å². The molecular formula is C17H11BrCl2FN3O. The van der Waals surface area contributed by atoms with Gasteiger partial charge in [0.1, 0.15) is 5.82 Å². The molecule has 0 radical (unpaired) electrons. The summed E-state index contributed by atoms with van der Waals surface area (Å²) in [6.07, 6.45) is 1.65. The molecule has 8 heteroatoms. The Labute approximate surface area is 161 Å². The first-order valence-corrected chi connectivity index (χ1v) is 8.72. The zero-order valence-electron chi connectivity index (χ0n) is 12.6. The van der Waals surface area contributed by atoms with Crippen LogP contribution in [0.2, 0.25) is 10.0 Å². The van der Waals surface area contributed by atoms with Crippen LogP contribution in [-0.2, 0) is 6.54 Å². The zero-order chi connectivity index (χ0) is 18.0. The van der Waals surface area contributed by atoms with E-state index in [0.717, 1.165) is 0 Å². The van der Waals surface area contributed by atoms with Gasteiger partial charge >= 0.3 is 0 Å². The lowest BCUT2D eigenvalue weighted by Crippen LogP contribution is -2.14. The zero-order valence-corrected chi connectivity index (χ0v) is 15.7. The Kier molecular flexibility index (Phi) is 5.42. The lowest BCUT2D eigenvalue weighted by Gasteiger charge is -2.06. The van der Waals surface area contributed by atoms with Crippen LogP contribution in [0.15, 0.2) is 53.1 Å². The lowest BCUT2D eigenvalue weighted by molar-refractivity contribution is 0.102. The Morgan fingerprint density at radius 1 is 1.20 bits per heavy atom. The van der Waals surface area contributed by atoms with Crippen molar-refractivity contribution < 1.29 is 9.18 Å². The average molecular weight is 443 g/mol. The summed E-state index contributed by atoms with van der Waals surface area (Å²) in [7, 11) is 0. The molecule has 1 amide bonds. The molecule has 0 aliphatic rings. The maximum absolute atomic E-state index is 13.7. The molecule has 0 unspecified atom stereocenters. The summed E-state index contributed by atoms with van der Waals surface area (Å²) >= 11 is 15.3. The number of aromatic nitrogens is 2. The van der Waals surface area contributed by atoms with E-state index in [4.69, 9.17) is 23.2 Å². The predicted octanol–water partition coefficient (Wildman–Crippen LogP) is 5.39. The molecule has 2 aromatic carbocycles. The fraction of sp³-hybridized carbons (Fsp3) is 0.0588. The van der Waals surface area contributed by atoms with E-state index < -0.39 is 5.91 Å². The molecule has 0 atom stereocenters. The Hall–Kier alpha value is -1.89. The monoisotopic (exact) mass is 441 g/mol. The van der Waals surface area contributed by atoms with Crippen LogP contribution in [0.25, 0.3) is 0 Å². The largest absolute Gasteiger partial charge is 0.304 e. The summed E-state index contributed by atoms with van der Waals surface area (Å²) in [6.45, 7) is 0.235. The molecule has 0 aliphatic carbocycles. The van der Waals surface area contributed by atoms with Crippen LogP contribution in [0.1, 0.15) is 15.9 Å². The molecule has 25 heavy (non-hydrogen) atoms. The molecule has 128 valence electrons. The van der Waals surface area contributed by atoms with Gasteiger partial charge in [-0.2, -0.15) is 5.10 Å². The van der Waals surface area contributed by atoms with E-state index >= 15 is 0 Å². The van der Waals surface area contributed by atoms with Crippen LogP contribution in [-0.4, -0.2) is 15.7 Å². The van der Waals surface area contributed by atoms with Gasteiger partial charge in [-0.3, -0.25) is 9.48 Å². The van der Waals surface area contributed by atoms with Gasteiger partial charge in [-0.15, -0.1) is 0 Å². The quantitative estimate of drug-likeness (QED) is 0.588. The first-order chi connectivity index (χ1) is 12.0. The van der Waals surface area contributed by atoms with E-state index in [2.05, 4.69) is 26.3 Å². The van der Waals surface area contributed by atoms with Crippen LogP contribution < -0.4 is 5.32 Å². The number of anilines is 1. The van der Waals surface area contributed by atoms with Crippen LogP contribution in [0.3, 0.4) is 0 Å². The summed E-state index contributed by atoms with van der Waals surface area (Å²) in [5.41, 5.74) is 0.734. The number of benzene rings is 2. The Bertz CT molecular complexity index is 945. The average Bonchev–Trinajstić information content (AvgIpc) is 2.91. The summed E-state index contributed by atoms with van der Waals surface area (Å²) in [4.78, 5) is 12.4. The van der Waals surface area contributed by atoms with Crippen molar-refractivity contribution >= 4 is 50.9 Å². The smallest absolute Gasteiger partial charge is 0.258 e. The molecule has 0 spiro atoms. The molecule has 0 fully saturated rings. The maximum Gasteiger partial charge on any atom is 0.258 e. The second-order valence-corrected chi connectivity index (χ2v) is 6.81. The number of carbonyl (C=O) groups excluding carboxylic acids is 1. The van der Waals surface area contributed by atoms with E-state index in [9.17, 15) is 9.18 Å². The van der Waals surface area contributed by atoms with Crippen LogP contribution in [0, 0.1) is 5.82 Å². The molecule has 0 bridgehead atoms. The van der Waals surface area contributed by atoms with Crippen molar-refractivity contribution in [3.8, 4) is 0 Å². The van der Waals surface area contributed by atoms with Gasteiger partial charge in [0.2, 0.25) is 0 Å². The summed E-state index contributed by atoms with van der Waals surface area (Å²) < 4.78 is 15.8. The van der Waals surface area contributed by atoms with Crippen LogP contribution >= 0.6 is 39.1 Å². The summed E-state index contributed by atoms with van der Waals surface area (Å²) in [5, 5.41) is 7.38. The van der Waals surface area contributed by atoms with Gasteiger partial charge in [0.05, 0.1) is 26.6 Å². The van der Waals surface area contributed by atoms with Crippen molar-refractivity contribution in [3.05, 3.63) is 80.1 Å². The second-order valence-electron chi connectivity index (χ2n) is 5.17. The minimum Gasteiger partial charge on any atom is -0.304 e. The first-order valence-electron chi connectivity index (χ1n) is 7.17. The maximum atomic E-state index is 13.7. The van der Waals surface area contributed by atoms with Crippen molar-refractivity contribution in [1.82, 2.24) is 9.78 Å².